The number of ether oxygens (including phenoxy) is 3. The van der Waals surface area contributed by atoms with Gasteiger partial charge in [-0.05, 0) is 59.8 Å². The number of fused-ring (bicyclic) bond motifs is 1. The van der Waals surface area contributed by atoms with Gasteiger partial charge in [0, 0.05) is 18.2 Å². The second-order valence-corrected chi connectivity index (χ2v) is 9.88. The molecule has 4 heteroatoms. The third-order valence-corrected chi connectivity index (χ3v) is 6.62. The lowest BCUT2D eigenvalue weighted by molar-refractivity contribution is -0.136. The number of benzene rings is 2. The molecule has 0 N–H and O–H groups in total. The molecule has 0 bridgehead atoms. The summed E-state index contributed by atoms with van der Waals surface area (Å²) in [5, 5.41) is 0. The summed E-state index contributed by atoms with van der Waals surface area (Å²) < 4.78 is 16.9. The van der Waals surface area contributed by atoms with Crippen LogP contribution in [0.1, 0.15) is 69.7 Å². The van der Waals surface area contributed by atoms with Gasteiger partial charge in [0.15, 0.2) is 6.79 Å². The Morgan fingerprint density at radius 1 is 1.09 bits per heavy atom. The Morgan fingerprint density at radius 2 is 1.75 bits per heavy atom. The molecule has 3 rings (SSSR count). The van der Waals surface area contributed by atoms with Crippen molar-refractivity contribution in [2.24, 2.45) is 0 Å². The largest absolute Gasteiger partial charge is 0.467 e. The van der Waals surface area contributed by atoms with E-state index in [0.717, 1.165) is 40.8 Å². The topological polar surface area (TPSA) is 44.8 Å². The maximum absolute atomic E-state index is 12.5. The van der Waals surface area contributed by atoms with Crippen molar-refractivity contribution in [3.8, 4) is 16.9 Å². The Kier molecular flexibility index (Phi) is 6.85. The van der Waals surface area contributed by atoms with Crippen LogP contribution in [0.4, 0.5) is 0 Å². The van der Waals surface area contributed by atoms with Crippen LogP contribution < -0.4 is 4.74 Å². The van der Waals surface area contributed by atoms with Gasteiger partial charge >= 0.3 is 5.97 Å². The van der Waals surface area contributed by atoms with Crippen LogP contribution in [-0.2, 0) is 25.1 Å². The van der Waals surface area contributed by atoms with E-state index in [4.69, 9.17) is 14.2 Å². The quantitative estimate of drug-likeness (QED) is 0.280. The number of carbonyl (C=O) groups is 1. The van der Waals surface area contributed by atoms with Crippen LogP contribution in [0.2, 0.25) is 0 Å². The lowest BCUT2D eigenvalue weighted by atomic mass is 9.62. The minimum absolute atomic E-state index is 0.0490. The molecular weight excluding hydrogens is 400 g/mol. The fourth-order valence-electron chi connectivity index (χ4n) is 4.77. The van der Waals surface area contributed by atoms with Crippen molar-refractivity contribution in [2.45, 2.75) is 65.2 Å². The Hall–Kier alpha value is -2.59. The first-order valence-corrected chi connectivity index (χ1v) is 11.3. The molecule has 0 saturated carbocycles. The van der Waals surface area contributed by atoms with Crippen LogP contribution in [0, 0.1) is 6.92 Å². The van der Waals surface area contributed by atoms with Crippen molar-refractivity contribution in [1.29, 1.82) is 0 Å². The van der Waals surface area contributed by atoms with E-state index in [1.54, 1.807) is 14.0 Å². The number of esters is 1. The smallest absolute Gasteiger partial charge is 0.338 e. The highest BCUT2D eigenvalue weighted by Crippen LogP contribution is 2.53. The molecule has 0 aromatic heterocycles. The van der Waals surface area contributed by atoms with Crippen molar-refractivity contribution in [1.82, 2.24) is 0 Å². The zero-order chi connectivity index (χ0) is 23.7. The first kappa shape index (κ1) is 24.1. The Morgan fingerprint density at radius 3 is 2.41 bits per heavy atom. The van der Waals surface area contributed by atoms with Crippen molar-refractivity contribution in [2.75, 3.05) is 20.5 Å². The van der Waals surface area contributed by atoms with E-state index in [1.165, 1.54) is 11.1 Å². The summed E-state index contributed by atoms with van der Waals surface area (Å²) in [4.78, 5) is 12.5. The SMILES string of the molecule is C=C(C(=O)OCC)c1ccccc1-c1c(C)cc2c(c1OCOC)C(C)(C)CCC2(C)C. The second kappa shape index (κ2) is 9.11. The molecule has 0 atom stereocenters. The van der Waals surface area contributed by atoms with E-state index < -0.39 is 5.97 Å². The predicted molar refractivity (Wildman–Crippen MR) is 130 cm³/mol. The molecule has 0 radical (unpaired) electrons. The average Bonchev–Trinajstić information content (AvgIpc) is 2.74. The van der Waals surface area contributed by atoms with Crippen LogP contribution in [0.3, 0.4) is 0 Å². The van der Waals surface area contributed by atoms with E-state index in [9.17, 15) is 4.79 Å². The molecule has 0 spiro atoms. The number of carbonyl (C=O) groups excluding carboxylic acids is 1. The molecular formula is C28H36O4. The van der Waals surface area contributed by atoms with Crippen LogP contribution in [0.25, 0.3) is 16.7 Å². The van der Waals surface area contributed by atoms with Crippen molar-refractivity contribution in [3.05, 3.63) is 59.2 Å². The fraction of sp³-hybridized carbons (Fsp3) is 0.464. The Balaban J connectivity index is 2.34. The van der Waals surface area contributed by atoms with Gasteiger partial charge in [0.1, 0.15) is 5.75 Å². The third-order valence-electron chi connectivity index (χ3n) is 6.62. The lowest BCUT2D eigenvalue weighted by Crippen LogP contribution is -2.35. The molecule has 1 aliphatic rings. The van der Waals surface area contributed by atoms with Crippen molar-refractivity contribution in [3.63, 3.8) is 0 Å². The summed E-state index contributed by atoms with van der Waals surface area (Å²) >= 11 is 0. The van der Waals surface area contributed by atoms with E-state index in [-0.39, 0.29) is 17.6 Å². The summed E-state index contributed by atoms with van der Waals surface area (Å²) in [6.45, 7) is 17.6. The molecule has 0 unspecified atom stereocenters. The standard InChI is InChI=1S/C28H36O4/c1-9-31-26(29)19(3)20-12-10-11-13-21(20)23-18(2)16-22-24(25(23)32-17-30-8)28(6,7)15-14-27(22,4)5/h10-13,16H,3,9,14-15,17H2,1-2,4-8H3. The lowest BCUT2D eigenvalue weighted by Gasteiger charge is -2.43. The molecule has 2 aromatic rings. The van der Waals surface area contributed by atoms with E-state index in [2.05, 4.69) is 47.3 Å². The van der Waals surface area contributed by atoms with E-state index in [1.807, 2.05) is 24.3 Å². The first-order chi connectivity index (χ1) is 15.0. The van der Waals surface area contributed by atoms with Gasteiger partial charge in [0.25, 0.3) is 0 Å². The number of methoxy groups -OCH3 is 1. The molecule has 0 heterocycles. The van der Waals surface area contributed by atoms with Gasteiger partial charge in [0.05, 0.1) is 12.2 Å². The number of hydrogen-bond acceptors (Lipinski definition) is 4. The highest BCUT2D eigenvalue weighted by Gasteiger charge is 2.41. The Labute approximate surface area is 192 Å². The van der Waals surface area contributed by atoms with Gasteiger partial charge in [-0.15, -0.1) is 0 Å². The molecule has 172 valence electrons. The van der Waals surface area contributed by atoms with Gasteiger partial charge in [0.2, 0.25) is 0 Å². The highest BCUT2D eigenvalue weighted by molar-refractivity contribution is 6.17. The van der Waals surface area contributed by atoms with Crippen molar-refractivity contribution >= 4 is 11.5 Å². The summed E-state index contributed by atoms with van der Waals surface area (Å²) in [7, 11) is 1.63. The highest BCUT2D eigenvalue weighted by atomic mass is 16.7. The minimum atomic E-state index is -0.406. The zero-order valence-electron chi connectivity index (χ0n) is 20.6. The maximum atomic E-state index is 12.5. The fourth-order valence-corrected chi connectivity index (χ4v) is 4.77. The minimum Gasteiger partial charge on any atom is -0.467 e. The van der Waals surface area contributed by atoms with Crippen LogP contribution in [0.15, 0.2) is 36.9 Å². The third kappa shape index (κ3) is 4.33. The molecule has 1 aliphatic carbocycles. The number of rotatable bonds is 7. The monoisotopic (exact) mass is 436 g/mol. The molecule has 0 fully saturated rings. The van der Waals surface area contributed by atoms with Gasteiger partial charge in [-0.1, -0.05) is 64.6 Å². The first-order valence-electron chi connectivity index (χ1n) is 11.3. The van der Waals surface area contributed by atoms with Crippen molar-refractivity contribution < 1.29 is 19.0 Å². The van der Waals surface area contributed by atoms with Gasteiger partial charge < -0.3 is 14.2 Å². The molecule has 0 aliphatic heterocycles. The maximum Gasteiger partial charge on any atom is 0.338 e. The van der Waals surface area contributed by atoms with Gasteiger partial charge in [-0.25, -0.2) is 4.79 Å². The molecule has 2 aromatic carbocycles. The van der Waals surface area contributed by atoms with Gasteiger partial charge in [-0.3, -0.25) is 0 Å². The summed E-state index contributed by atoms with van der Waals surface area (Å²) in [5.74, 6) is 0.431. The molecule has 0 amide bonds. The van der Waals surface area contributed by atoms with Gasteiger partial charge in [-0.2, -0.15) is 0 Å². The van der Waals surface area contributed by atoms with E-state index in [0.29, 0.717) is 12.2 Å². The zero-order valence-corrected chi connectivity index (χ0v) is 20.6. The summed E-state index contributed by atoms with van der Waals surface area (Å²) in [5.41, 5.74) is 6.64. The second-order valence-electron chi connectivity index (χ2n) is 9.88. The van der Waals surface area contributed by atoms with E-state index >= 15 is 0 Å². The predicted octanol–water partition coefficient (Wildman–Crippen LogP) is 6.57. The number of aryl methyl sites for hydroxylation is 1. The summed E-state index contributed by atoms with van der Waals surface area (Å²) in [6.07, 6.45) is 2.18. The normalized spacial score (nSPS) is 16.2. The number of hydrogen-bond donors (Lipinski definition) is 0. The summed E-state index contributed by atoms with van der Waals surface area (Å²) in [6, 6.07) is 10.1. The molecule has 0 saturated heterocycles. The molecule has 32 heavy (non-hydrogen) atoms. The van der Waals surface area contributed by atoms with Crippen LogP contribution >= 0.6 is 0 Å². The molecule has 4 nitrogen and oxygen atoms in total. The van der Waals surface area contributed by atoms with Crippen LogP contribution in [-0.4, -0.2) is 26.5 Å². The average molecular weight is 437 g/mol. The Bertz CT molecular complexity index is 1030. The van der Waals surface area contributed by atoms with Crippen LogP contribution in [0.5, 0.6) is 5.75 Å².